The van der Waals surface area contributed by atoms with E-state index in [1.54, 1.807) is 18.3 Å². The van der Waals surface area contributed by atoms with Crippen molar-refractivity contribution in [3.05, 3.63) is 36.2 Å². The second-order valence-corrected chi connectivity index (χ2v) is 7.38. The molecule has 0 bridgehead atoms. The van der Waals surface area contributed by atoms with Crippen molar-refractivity contribution in [2.45, 2.75) is 30.3 Å². The molecule has 8 heteroatoms. The number of aromatic nitrogens is 2. The van der Waals surface area contributed by atoms with Crippen LogP contribution >= 0.6 is 0 Å². The molecule has 0 aliphatic carbocycles. The highest BCUT2D eigenvalue weighted by molar-refractivity contribution is 7.89. The molecule has 0 saturated carbocycles. The quantitative estimate of drug-likeness (QED) is 0.903. The fraction of sp³-hybridized carbons (Fsp3) is 0.400. The summed E-state index contributed by atoms with van der Waals surface area (Å²) in [5.41, 5.74) is 1.05. The third kappa shape index (κ3) is 2.79. The molecule has 0 saturated heterocycles. The molecule has 122 valence electrons. The lowest BCUT2D eigenvalue weighted by atomic mass is 10.1. The largest absolute Gasteiger partial charge is 0.486 e. The predicted octanol–water partition coefficient (Wildman–Crippen LogP) is 0.948. The number of nitrogens with one attached hydrogen (secondary N) is 1. The van der Waals surface area contributed by atoms with Crippen LogP contribution in [0.5, 0.6) is 11.5 Å². The topological polar surface area (TPSA) is 82.5 Å². The molecule has 2 aromatic rings. The van der Waals surface area contributed by atoms with E-state index in [0.29, 0.717) is 31.1 Å². The number of hydrogen-bond acceptors (Lipinski definition) is 5. The molecule has 0 unspecified atom stereocenters. The maximum Gasteiger partial charge on any atom is 0.240 e. The minimum absolute atomic E-state index is 0.127. The van der Waals surface area contributed by atoms with E-state index in [0.717, 1.165) is 18.7 Å². The van der Waals surface area contributed by atoms with E-state index < -0.39 is 10.0 Å². The van der Waals surface area contributed by atoms with Gasteiger partial charge < -0.3 is 9.47 Å². The zero-order chi connectivity index (χ0) is 15.9. The first-order chi connectivity index (χ1) is 11.1. The van der Waals surface area contributed by atoms with Gasteiger partial charge in [-0.05, 0) is 24.6 Å². The Balaban J connectivity index is 1.54. The molecule has 0 radical (unpaired) electrons. The second kappa shape index (κ2) is 5.54. The van der Waals surface area contributed by atoms with Gasteiger partial charge >= 0.3 is 0 Å². The summed E-state index contributed by atoms with van der Waals surface area (Å²) in [5, 5.41) is 4.20. The number of benzene rings is 1. The summed E-state index contributed by atoms with van der Waals surface area (Å²) in [6.07, 6.45) is 3.11. The van der Waals surface area contributed by atoms with E-state index in [4.69, 9.17) is 9.47 Å². The summed E-state index contributed by atoms with van der Waals surface area (Å²) in [6.45, 7) is 1.63. The number of hydrogen-bond donors (Lipinski definition) is 1. The molecule has 7 nitrogen and oxygen atoms in total. The Bertz CT molecular complexity index is 831. The summed E-state index contributed by atoms with van der Waals surface area (Å²) in [5.74, 6) is 1.05. The SMILES string of the molecule is O=S(=O)(N[C@H]1CCn2nccc2C1)c1ccc2c(c1)OCCO2. The summed E-state index contributed by atoms with van der Waals surface area (Å²) >= 11 is 0. The first-order valence-corrected chi connectivity index (χ1v) is 9.03. The fourth-order valence-electron chi connectivity index (χ4n) is 2.95. The van der Waals surface area contributed by atoms with Gasteiger partial charge in [-0.25, -0.2) is 13.1 Å². The van der Waals surface area contributed by atoms with E-state index in [2.05, 4.69) is 9.82 Å². The van der Waals surface area contributed by atoms with Gasteiger partial charge in [0.25, 0.3) is 0 Å². The first kappa shape index (κ1) is 14.5. The lowest BCUT2D eigenvalue weighted by Crippen LogP contribution is -2.40. The van der Waals surface area contributed by atoms with Crippen LogP contribution in [0.1, 0.15) is 12.1 Å². The second-order valence-electron chi connectivity index (χ2n) is 5.66. The van der Waals surface area contributed by atoms with Gasteiger partial charge in [-0.2, -0.15) is 5.10 Å². The van der Waals surface area contributed by atoms with Gasteiger partial charge in [-0.1, -0.05) is 0 Å². The zero-order valence-electron chi connectivity index (χ0n) is 12.4. The molecule has 2 aliphatic rings. The minimum atomic E-state index is -3.59. The highest BCUT2D eigenvalue weighted by Crippen LogP contribution is 2.32. The van der Waals surface area contributed by atoms with Gasteiger partial charge in [-0.15, -0.1) is 0 Å². The molecular weight excluding hydrogens is 318 g/mol. The van der Waals surface area contributed by atoms with Crippen molar-refractivity contribution in [2.75, 3.05) is 13.2 Å². The predicted molar refractivity (Wildman–Crippen MR) is 82.1 cm³/mol. The standard InChI is InChI=1S/C15H17N3O4S/c19-23(20,13-1-2-14-15(10-13)22-8-7-21-14)17-11-4-6-18-12(9-11)3-5-16-18/h1-3,5,10-11,17H,4,6-9H2/t11-/m0/s1. The fourth-order valence-corrected chi connectivity index (χ4v) is 4.23. The van der Waals surface area contributed by atoms with Crippen LogP contribution in [0.25, 0.3) is 0 Å². The van der Waals surface area contributed by atoms with Crippen molar-refractivity contribution in [2.24, 2.45) is 0 Å². The van der Waals surface area contributed by atoms with Gasteiger partial charge in [0, 0.05) is 37.0 Å². The molecule has 0 amide bonds. The highest BCUT2D eigenvalue weighted by atomic mass is 32.2. The van der Waals surface area contributed by atoms with Crippen LogP contribution in [0.4, 0.5) is 0 Å². The van der Waals surface area contributed by atoms with E-state index in [1.807, 2.05) is 10.7 Å². The molecule has 1 N–H and O–H groups in total. The van der Waals surface area contributed by atoms with Gasteiger partial charge in [-0.3, -0.25) is 4.68 Å². The maximum absolute atomic E-state index is 12.6. The Hall–Kier alpha value is -2.06. The summed E-state index contributed by atoms with van der Waals surface area (Å²) < 4.78 is 40.8. The van der Waals surface area contributed by atoms with Crippen molar-refractivity contribution in [3.63, 3.8) is 0 Å². The Morgan fingerprint density at radius 2 is 2.00 bits per heavy atom. The van der Waals surface area contributed by atoms with E-state index >= 15 is 0 Å². The molecule has 23 heavy (non-hydrogen) atoms. The number of sulfonamides is 1. The van der Waals surface area contributed by atoms with Gasteiger partial charge in [0.1, 0.15) is 13.2 Å². The number of nitrogens with zero attached hydrogens (tertiary/aromatic N) is 2. The van der Waals surface area contributed by atoms with E-state index in [1.165, 1.54) is 6.07 Å². The molecule has 1 aromatic carbocycles. The van der Waals surface area contributed by atoms with Crippen molar-refractivity contribution in [3.8, 4) is 11.5 Å². The number of fused-ring (bicyclic) bond motifs is 2. The number of aryl methyl sites for hydroxylation is 1. The average Bonchev–Trinajstić information content (AvgIpc) is 3.01. The summed E-state index contributed by atoms with van der Waals surface area (Å²) in [4.78, 5) is 0.195. The van der Waals surface area contributed by atoms with E-state index in [9.17, 15) is 8.42 Å². The Morgan fingerprint density at radius 1 is 1.17 bits per heavy atom. The van der Waals surface area contributed by atoms with Crippen LogP contribution in [0.15, 0.2) is 35.4 Å². The van der Waals surface area contributed by atoms with Crippen molar-refractivity contribution < 1.29 is 17.9 Å². The Morgan fingerprint density at radius 3 is 2.87 bits per heavy atom. The van der Waals surface area contributed by atoms with Gasteiger partial charge in [0.2, 0.25) is 10.0 Å². The van der Waals surface area contributed by atoms with Crippen molar-refractivity contribution in [1.82, 2.24) is 14.5 Å². The highest BCUT2D eigenvalue weighted by Gasteiger charge is 2.26. The van der Waals surface area contributed by atoms with Gasteiger partial charge in [0.15, 0.2) is 11.5 Å². The molecule has 1 aromatic heterocycles. The van der Waals surface area contributed by atoms with Crippen LogP contribution in [0.3, 0.4) is 0 Å². The smallest absolute Gasteiger partial charge is 0.240 e. The molecule has 0 spiro atoms. The maximum atomic E-state index is 12.6. The third-order valence-corrected chi connectivity index (χ3v) is 5.61. The van der Waals surface area contributed by atoms with Crippen LogP contribution in [-0.4, -0.2) is 37.5 Å². The van der Waals surface area contributed by atoms with Crippen LogP contribution in [0, 0.1) is 0 Å². The average molecular weight is 335 g/mol. The summed E-state index contributed by atoms with van der Waals surface area (Å²) in [7, 11) is -3.59. The molecular formula is C15H17N3O4S. The van der Waals surface area contributed by atoms with Crippen molar-refractivity contribution in [1.29, 1.82) is 0 Å². The lowest BCUT2D eigenvalue weighted by Gasteiger charge is -2.24. The monoisotopic (exact) mass is 335 g/mol. The normalized spacial score (nSPS) is 20.1. The minimum Gasteiger partial charge on any atom is -0.486 e. The van der Waals surface area contributed by atoms with Crippen molar-refractivity contribution >= 4 is 10.0 Å². The van der Waals surface area contributed by atoms with E-state index in [-0.39, 0.29) is 10.9 Å². The number of ether oxygens (including phenoxy) is 2. The van der Waals surface area contributed by atoms with Crippen LogP contribution in [0.2, 0.25) is 0 Å². The third-order valence-electron chi connectivity index (χ3n) is 4.10. The molecule has 0 fully saturated rings. The van der Waals surface area contributed by atoms with Crippen LogP contribution in [-0.2, 0) is 23.0 Å². The summed E-state index contributed by atoms with van der Waals surface area (Å²) in [6, 6.07) is 6.49. The Kier molecular flexibility index (Phi) is 3.50. The Labute approximate surface area is 134 Å². The first-order valence-electron chi connectivity index (χ1n) is 7.54. The molecule has 2 aliphatic heterocycles. The molecule has 1 atom stereocenters. The van der Waals surface area contributed by atoms with Gasteiger partial charge in [0.05, 0.1) is 4.90 Å². The lowest BCUT2D eigenvalue weighted by molar-refractivity contribution is 0.171. The number of rotatable bonds is 3. The van der Waals surface area contributed by atoms with Crippen LogP contribution < -0.4 is 14.2 Å². The molecule has 3 heterocycles. The molecule has 4 rings (SSSR count). The zero-order valence-corrected chi connectivity index (χ0v) is 13.3.